The lowest BCUT2D eigenvalue weighted by atomic mass is 10.0. The highest BCUT2D eigenvalue weighted by Gasteiger charge is 2.32. The van der Waals surface area contributed by atoms with Crippen LogP contribution in [0.25, 0.3) is 0 Å². The van der Waals surface area contributed by atoms with Gasteiger partial charge in [-0.2, -0.15) is 0 Å². The second kappa shape index (κ2) is 7.09. The number of pyridine rings is 1. The minimum Gasteiger partial charge on any atom is -0.472 e. The van der Waals surface area contributed by atoms with E-state index in [9.17, 15) is 9.59 Å². The highest BCUT2D eigenvalue weighted by molar-refractivity contribution is 5.97. The second-order valence-electron chi connectivity index (χ2n) is 5.60. The highest BCUT2D eigenvalue weighted by atomic mass is 16.3. The van der Waals surface area contributed by atoms with Crippen molar-refractivity contribution in [1.29, 1.82) is 0 Å². The van der Waals surface area contributed by atoms with Gasteiger partial charge in [-0.05, 0) is 37.0 Å². The Kier molecular flexibility index (Phi) is 4.71. The first-order chi connectivity index (χ1) is 11.3. The molecule has 0 radical (unpaired) electrons. The summed E-state index contributed by atoms with van der Waals surface area (Å²) < 4.78 is 4.97. The fraction of sp³-hybridized carbons (Fsp3) is 0.353. The molecule has 1 unspecified atom stereocenters. The van der Waals surface area contributed by atoms with Gasteiger partial charge in [0.2, 0.25) is 5.91 Å². The van der Waals surface area contributed by atoms with Gasteiger partial charge in [0.25, 0.3) is 5.91 Å². The molecule has 2 aromatic heterocycles. The predicted molar refractivity (Wildman–Crippen MR) is 83.5 cm³/mol. The molecule has 1 aliphatic heterocycles. The first kappa shape index (κ1) is 15.3. The zero-order valence-electron chi connectivity index (χ0n) is 12.8. The van der Waals surface area contributed by atoms with Crippen LogP contribution in [0.3, 0.4) is 0 Å². The number of nitrogens with one attached hydrogen (secondary N) is 1. The third kappa shape index (κ3) is 3.59. The van der Waals surface area contributed by atoms with E-state index in [1.54, 1.807) is 23.4 Å². The van der Waals surface area contributed by atoms with Crippen LogP contribution in [0.15, 0.2) is 47.5 Å². The minimum absolute atomic E-state index is 0.120. The number of aromatic nitrogens is 1. The van der Waals surface area contributed by atoms with Gasteiger partial charge in [-0.3, -0.25) is 14.6 Å². The molecule has 1 saturated heterocycles. The number of amides is 2. The highest BCUT2D eigenvalue weighted by Crippen LogP contribution is 2.20. The van der Waals surface area contributed by atoms with E-state index in [1.165, 1.54) is 12.5 Å². The maximum atomic E-state index is 12.5. The molecule has 0 aromatic carbocycles. The lowest BCUT2D eigenvalue weighted by molar-refractivity contribution is -0.126. The Hall–Kier alpha value is -2.63. The molecule has 1 N–H and O–H groups in total. The smallest absolute Gasteiger partial charge is 0.257 e. The van der Waals surface area contributed by atoms with Crippen LogP contribution in [-0.2, 0) is 11.3 Å². The molecule has 6 nitrogen and oxygen atoms in total. The first-order valence-corrected chi connectivity index (χ1v) is 7.75. The van der Waals surface area contributed by atoms with Gasteiger partial charge in [0.1, 0.15) is 12.3 Å². The van der Waals surface area contributed by atoms with Gasteiger partial charge in [-0.25, -0.2) is 0 Å². The van der Waals surface area contributed by atoms with Crippen molar-refractivity contribution in [2.75, 3.05) is 6.54 Å². The maximum Gasteiger partial charge on any atom is 0.257 e. The van der Waals surface area contributed by atoms with E-state index in [0.29, 0.717) is 25.1 Å². The van der Waals surface area contributed by atoms with Gasteiger partial charge in [0.05, 0.1) is 11.8 Å². The minimum atomic E-state index is -0.428. The Balaban J connectivity index is 1.66. The summed E-state index contributed by atoms with van der Waals surface area (Å²) in [6.07, 6.45) is 8.84. The van der Waals surface area contributed by atoms with Crippen LogP contribution in [0, 0.1) is 0 Å². The molecule has 120 valence electrons. The molecule has 1 fully saturated rings. The van der Waals surface area contributed by atoms with Crippen LogP contribution in [0.5, 0.6) is 0 Å². The summed E-state index contributed by atoms with van der Waals surface area (Å²) in [7, 11) is 0. The third-order valence-electron chi connectivity index (χ3n) is 4.02. The molecular formula is C17H19N3O3. The molecule has 3 rings (SSSR count). The maximum absolute atomic E-state index is 12.5. The van der Waals surface area contributed by atoms with Crippen molar-refractivity contribution in [3.05, 3.63) is 54.2 Å². The van der Waals surface area contributed by atoms with Gasteiger partial charge < -0.3 is 14.6 Å². The first-order valence-electron chi connectivity index (χ1n) is 7.75. The van der Waals surface area contributed by atoms with Crippen LogP contribution in [0.1, 0.15) is 35.2 Å². The topological polar surface area (TPSA) is 75.4 Å². The van der Waals surface area contributed by atoms with Crippen LogP contribution < -0.4 is 5.32 Å². The Bertz CT molecular complexity index is 655. The monoisotopic (exact) mass is 313 g/mol. The van der Waals surface area contributed by atoms with Crippen molar-refractivity contribution in [1.82, 2.24) is 15.2 Å². The average Bonchev–Trinajstić information content (AvgIpc) is 3.14. The average molecular weight is 313 g/mol. The van der Waals surface area contributed by atoms with Crippen LogP contribution >= 0.6 is 0 Å². The van der Waals surface area contributed by atoms with Crippen LogP contribution in [0.2, 0.25) is 0 Å². The number of nitrogens with zero attached hydrogens (tertiary/aromatic N) is 2. The van der Waals surface area contributed by atoms with E-state index < -0.39 is 6.04 Å². The Morgan fingerprint density at radius 1 is 1.35 bits per heavy atom. The van der Waals surface area contributed by atoms with Crippen molar-refractivity contribution >= 4 is 11.8 Å². The number of hydrogen-bond acceptors (Lipinski definition) is 4. The van der Waals surface area contributed by atoms with Crippen molar-refractivity contribution in [2.24, 2.45) is 0 Å². The Morgan fingerprint density at radius 2 is 2.26 bits per heavy atom. The van der Waals surface area contributed by atoms with E-state index in [-0.39, 0.29) is 11.8 Å². The quantitative estimate of drug-likeness (QED) is 0.936. The van der Waals surface area contributed by atoms with Gasteiger partial charge in [0.15, 0.2) is 0 Å². The van der Waals surface area contributed by atoms with Gasteiger partial charge in [0, 0.05) is 25.5 Å². The summed E-state index contributed by atoms with van der Waals surface area (Å²) in [5.74, 6) is -0.273. The number of likely N-dealkylation sites (tertiary alicyclic amines) is 1. The molecule has 1 aliphatic rings. The van der Waals surface area contributed by atoms with E-state index in [4.69, 9.17) is 4.42 Å². The Labute approximate surface area is 134 Å². The largest absolute Gasteiger partial charge is 0.472 e. The number of furan rings is 1. The molecular weight excluding hydrogens is 294 g/mol. The van der Waals surface area contributed by atoms with E-state index in [1.807, 2.05) is 12.1 Å². The van der Waals surface area contributed by atoms with Crippen molar-refractivity contribution in [2.45, 2.75) is 31.8 Å². The second-order valence-corrected chi connectivity index (χ2v) is 5.60. The molecule has 0 saturated carbocycles. The lowest BCUT2D eigenvalue weighted by Gasteiger charge is -2.34. The van der Waals surface area contributed by atoms with E-state index >= 15 is 0 Å². The molecule has 1 atom stereocenters. The fourth-order valence-electron chi connectivity index (χ4n) is 2.81. The SMILES string of the molecule is O=C(NCc1cccnc1)C1CCCCN1C(=O)c1ccoc1. The fourth-order valence-corrected chi connectivity index (χ4v) is 2.81. The molecule has 0 spiro atoms. The zero-order chi connectivity index (χ0) is 16.1. The van der Waals surface area contributed by atoms with Gasteiger partial charge in [-0.15, -0.1) is 0 Å². The summed E-state index contributed by atoms with van der Waals surface area (Å²) in [5.41, 5.74) is 1.42. The third-order valence-corrected chi connectivity index (χ3v) is 4.02. The van der Waals surface area contributed by atoms with Crippen molar-refractivity contribution in [3.63, 3.8) is 0 Å². The zero-order valence-corrected chi connectivity index (χ0v) is 12.8. The molecule has 2 amide bonds. The van der Waals surface area contributed by atoms with E-state index in [0.717, 1.165) is 18.4 Å². The Morgan fingerprint density at radius 3 is 3.00 bits per heavy atom. The number of carbonyl (C=O) groups is 2. The van der Waals surface area contributed by atoms with Crippen molar-refractivity contribution in [3.8, 4) is 0 Å². The molecule has 0 aliphatic carbocycles. The van der Waals surface area contributed by atoms with Crippen molar-refractivity contribution < 1.29 is 14.0 Å². The van der Waals surface area contributed by atoms with Crippen LogP contribution in [-0.4, -0.2) is 34.3 Å². The standard InChI is InChI=1S/C17H19N3O3/c21-16(19-11-13-4-3-7-18-10-13)15-5-1-2-8-20(15)17(22)14-6-9-23-12-14/h3-4,6-7,9-10,12,15H,1-2,5,8,11H2,(H,19,21). The van der Waals surface area contributed by atoms with E-state index in [2.05, 4.69) is 10.3 Å². The summed E-state index contributed by atoms with van der Waals surface area (Å²) in [6.45, 7) is 1.01. The number of rotatable bonds is 4. The summed E-state index contributed by atoms with van der Waals surface area (Å²) in [5, 5.41) is 2.90. The number of piperidine rings is 1. The molecule has 23 heavy (non-hydrogen) atoms. The molecule has 3 heterocycles. The molecule has 2 aromatic rings. The number of carbonyl (C=O) groups excluding carboxylic acids is 2. The predicted octanol–water partition coefficient (Wildman–Crippen LogP) is 1.99. The molecule has 6 heteroatoms. The summed E-state index contributed by atoms with van der Waals surface area (Å²) in [4.78, 5) is 30.7. The van der Waals surface area contributed by atoms with Gasteiger partial charge in [-0.1, -0.05) is 6.07 Å². The molecule has 0 bridgehead atoms. The summed E-state index contributed by atoms with van der Waals surface area (Å²) >= 11 is 0. The van der Waals surface area contributed by atoms with Crippen LogP contribution in [0.4, 0.5) is 0 Å². The normalized spacial score (nSPS) is 17.7. The summed E-state index contributed by atoms with van der Waals surface area (Å²) in [6, 6.07) is 4.93. The number of hydrogen-bond donors (Lipinski definition) is 1. The van der Waals surface area contributed by atoms with Gasteiger partial charge >= 0.3 is 0 Å². The lowest BCUT2D eigenvalue weighted by Crippen LogP contribution is -2.51.